The molecule has 0 aliphatic rings. The van der Waals surface area contributed by atoms with Gasteiger partial charge in [-0.3, -0.25) is 4.79 Å². The van der Waals surface area contributed by atoms with Crippen LogP contribution < -0.4 is 14.8 Å². The van der Waals surface area contributed by atoms with Gasteiger partial charge in [-0.15, -0.1) is 0 Å². The van der Waals surface area contributed by atoms with Crippen molar-refractivity contribution in [3.8, 4) is 11.5 Å². The second kappa shape index (κ2) is 13.3. The number of ether oxygens (including phenoxy) is 2. The molecular formula is C30H29ClN2O5S. The monoisotopic (exact) mass is 564 g/mol. The third-order valence-electron chi connectivity index (χ3n) is 5.96. The van der Waals surface area contributed by atoms with E-state index in [4.69, 9.17) is 21.1 Å². The van der Waals surface area contributed by atoms with Crippen LogP contribution in [0.1, 0.15) is 11.1 Å². The van der Waals surface area contributed by atoms with E-state index in [2.05, 4.69) is 5.32 Å². The fourth-order valence-electron chi connectivity index (χ4n) is 3.88. The van der Waals surface area contributed by atoms with E-state index in [1.807, 2.05) is 60.7 Å². The molecule has 0 aliphatic carbocycles. The normalized spacial score (nSPS) is 11.3. The maximum Gasteiger partial charge on any atom is 0.243 e. The second-order valence-electron chi connectivity index (χ2n) is 8.72. The maximum atomic E-state index is 13.6. The predicted octanol–water partition coefficient (Wildman–Crippen LogP) is 5.80. The fourth-order valence-corrected chi connectivity index (χ4v) is 5.62. The zero-order valence-electron chi connectivity index (χ0n) is 21.4. The Hall–Kier alpha value is -3.85. The van der Waals surface area contributed by atoms with Crippen molar-refractivity contribution in [2.24, 2.45) is 0 Å². The number of nitrogens with one attached hydrogen (secondary N) is 1. The summed E-state index contributed by atoms with van der Waals surface area (Å²) in [7, 11) is -2.58. The van der Waals surface area contributed by atoms with Crippen molar-refractivity contribution in [2.45, 2.75) is 17.9 Å². The van der Waals surface area contributed by atoms with Gasteiger partial charge < -0.3 is 14.8 Å². The number of amides is 1. The highest BCUT2D eigenvalue weighted by molar-refractivity contribution is 7.89. The molecule has 0 saturated carbocycles. The van der Waals surface area contributed by atoms with E-state index in [9.17, 15) is 13.2 Å². The lowest BCUT2D eigenvalue weighted by molar-refractivity contribution is -0.116. The van der Waals surface area contributed by atoms with Gasteiger partial charge in [0.2, 0.25) is 15.9 Å². The van der Waals surface area contributed by atoms with Gasteiger partial charge in [-0.1, -0.05) is 72.3 Å². The summed E-state index contributed by atoms with van der Waals surface area (Å²) in [6.07, 6.45) is 0.435. The second-order valence-corrected chi connectivity index (χ2v) is 11.1. The Bertz CT molecular complexity index is 1480. The highest BCUT2D eigenvalue weighted by Crippen LogP contribution is 2.28. The molecule has 1 amide bonds. The summed E-state index contributed by atoms with van der Waals surface area (Å²) in [5.41, 5.74) is 2.53. The first-order chi connectivity index (χ1) is 18.8. The highest BCUT2D eigenvalue weighted by atomic mass is 35.5. The number of hydrogen-bond acceptors (Lipinski definition) is 5. The Morgan fingerprint density at radius 3 is 2.13 bits per heavy atom. The van der Waals surface area contributed by atoms with E-state index in [1.165, 1.54) is 25.3 Å². The Balaban J connectivity index is 1.45. The molecule has 4 rings (SSSR count). The number of anilines is 1. The zero-order valence-corrected chi connectivity index (χ0v) is 23.0. The van der Waals surface area contributed by atoms with Gasteiger partial charge in [0.05, 0.1) is 23.6 Å². The highest BCUT2D eigenvalue weighted by Gasteiger charge is 2.27. The molecule has 0 unspecified atom stereocenters. The molecule has 9 heteroatoms. The largest absolute Gasteiger partial charge is 0.495 e. The summed E-state index contributed by atoms with van der Waals surface area (Å²) in [5.74, 6) is 0.546. The number of sulfonamides is 1. The minimum atomic E-state index is -4.03. The van der Waals surface area contributed by atoms with Gasteiger partial charge in [0.15, 0.2) is 0 Å². The summed E-state index contributed by atoms with van der Waals surface area (Å²) in [6.45, 7) is 0.164. The van der Waals surface area contributed by atoms with Gasteiger partial charge in [0.25, 0.3) is 0 Å². The smallest absolute Gasteiger partial charge is 0.243 e. The van der Waals surface area contributed by atoms with Crippen LogP contribution in [-0.2, 0) is 27.8 Å². The van der Waals surface area contributed by atoms with E-state index in [0.717, 1.165) is 15.4 Å². The van der Waals surface area contributed by atoms with Crippen molar-refractivity contribution in [3.63, 3.8) is 0 Å². The van der Waals surface area contributed by atoms with Gasteiger partial charge in [-0.25, -0.2) is 8.42 Å². The van der Waals surface area contributed by atoms with Crippen LogP contribution in [0.4, 0.5) is 5.69 Å². The Morgan fingerprint density at radius 2 is 1.51 bits per heavy atom. The number of rotatable bonds is 12. The molecule has 0 heterocycles. The van der Waals surface area contributed by atoms with Crippen molar-refractivity contribution in [2.75, 3.05) is 25.5 Å². The molecule has 1 N–H and O–H groups in total. The van der Waals surface area contributed by atoms with Crippen molar-refractivity contribution in [1.29, 1.82) is 0 Å². The summed E-state index contributed by atoms with van der Waals surface area (Å²) in [6, 6.07) is 30.5. The number of carbonyl (C=O) groups is 1. The Morgan fingerprint density at radius 1 is 0.872 bits per heavy atom. The molecule has 39 heavy (non-hydrogen) atoms. The molecule has 4 aromatic carbocycles. The van der Waals surface area contributed by atoms with Crippen LogP contribution in [0.25, 0.3) is 0 Å². The average molecular weight is 565 g/mol. The Kier molecular flexibility index (Phi) is 9.59. The minimum absolute atomic E-state index is 0.0194. The van der Waals surface area contributed by atoms with Crippen LogP contribution in [0.5, 0.6) is 11.5 Å². The van der Waals surface area contributed by atoms with Crippen molar-refractivity contribution >= 4 is 33.2 Å². The number of carbonyl (C=O) groups excluding carboxylic acids is 1. The van der Waals surface area contributed by atoms with Gasteiger partial charge >= 0.3 is 0 Å². The van der Waals surface area contributed by atoms with Crippen molar-refractivity contribution < 1.29 is 22.7 Å². The molecule has 0 radical (unpaired) electrons. The number of benzene rings is 4. The van der Waals surface area contributed by atoms with Gasteiger partial charge in [-0.05, 0) is 60.0 Å². The molecule has 4 aromatic rings. The molecule has 0 aromatic heterocycles. The molecule has 0 bridgehead atoms. The number of halogens is 1. The molecule has 0 spiro atoms. The zero-order chi connectivity index (χ0) is 27.7. The maximum absolute atomic E-state index is 13.6. The van der Waals surface area contributed by atoms with Gasteiger partial charge in [0, 0.05) is 12.2 Å². The summed E-state index contributed by atoms with van der Waals surface area (Å²) < 4.78 is 39.2. The average Bonchev–Trinajstić information content (AvgIpc) is 2.96. The Labute approximate surface area is 234 Å². The summed E-state index contributed by atoms with van der Waals surface area (Å²) in [5, 5.41) is 2.95. The van der Waals surface area contributed by atoms with Crippen LogP contribution in [0, 0.1) is 0 Å². The predicted molar refractivity (Wildman–Crippen MR) is 153 cm³/mol. The molecule has 0 atom stereocenters. The van der Waals surface area contributed by atoms with Crippen LogP contribution in [0.15, 0.2) is 108 Å². The van der Waals surface area contributed by atoms with Crippen LogP contribution in [0.3, 0.4) is 0 Å². The third-order valence-corrected chi connectivity index (χ3v) is 8.10. The molecule has 0 aliphatic heterocycles. The molecule has 0 saturated heterocycles. The standard InChI is InChI=1S/C30H29ClN2O5S/c1-37-29-17-16-27(20-28(29)31)39(35,36)33(19-18-23-8-4-2-5-9-23)21-30(34)32-25-12-14-26(15-13-25)38-22-24-10-6-3-7-11-24/h2-17,20H,18-19,21-22H2,1H3,(H,32,34). The summed E-state index contributed by atoms with van der Waals surface area (Å²) in [4.78, 5) is 13.0. The first kappa shape index (κ1) is 28.2. The first-order valence-corrected chi connectivity index (χ1v) is 14.1. The van der Waals surface area contributed by atoms with E-state index in [0.29, 0.717) is 30.2 Å². The van der Waals surface area contributed by atoms with Crippen LogP contribution >= 0.6 is 11.6 Å². The van der Waals surface area contributed by atoms with Gasteiger partial charge in [0.1, 0.15) is 18.1 Å². The SMILES string of the molecule is COc1ccc(S(=O)(=O)N(CCc2ccccc2)CC(=O)Nc2ccc(OCc3ccccc3)cc2)cc1Cl. The van der Waals surface area contributed by atoms with Crippen LogP contribution in [0.2, 0.25) is 5.02 Å². The first-order valence-electron chi connectivity index (χ1n) is 12.3. The van der Waals surface area contributed by atoms with E-state index in [-0.39, 0.29) is 23.0 Å². The van der Waals surface area contributed by atoms with Crippen molar-refractivity contribution in [3.05, 3.63) is 119 Å². The lowest BCUT2D eigenvalue weighted by atomic mass is 10.1. The summed E-state index contributed by atoms with van der Waals surface area (Å²) >= 11 is 6.20. The molecule has 0 fully saturated rings. The lowest BCUT2D eigenvalue weighted by Gasteiger charge is -2.22. The van der Waals surface area contributed by atoms with E-state index >= 15 is 0 Å². The van der Waals surface area contributed by atoms with E-state index in [1.54, 1.807) is 24.3 Å². The molecular weight excluding hydrogens is 536 g/mol. The number of hydrogen-bond donors (Lipinski definition) is 1. The number of methoxy groups -OCH3 is 1. The topological polar surface area (TPSA) is 84.9 Å². The lowest BCUT2D eigenvalue weighted by Crippen LogP contribution is -2.39. The number of nitrogens with zero attached hydrogens (tertiary/aromatic N) is 1. The molecule has 7 nitrogen and oxygen atoms in total. The minimum Gasteiger partial charge on any atom is -0.495 e. The van der Waals surface area contributed by atoms with Crippen molar-refractivity contribution in [1.82, 2.24) is 4.31 Å². The third kappa shape index (κ3) is 7.83. The van der Waals surface area contributed by atoms with Crippen LogP contribution in [-0.4, -0.2) is 38.8 Å². The molecule has 202 valence electrons. The van der Waals surface area contributed by atoms with E-state index < -0.39 is 15.9 Å². The fraction of sp³-hybridized carbons (Fsp3) is 0.167. The quantitative estimate of drug-likeness (QED) is 0.235. The van der Waals surface area contributed by atoms with Gasteiger partial charge in [-0.2, -0.15) is 4.31 Å².